The first kappa shape index (κ1) is 39.9. The van der Waals surface area contributed by atoms with Crippen LogP contribution in [-0.2, 0) is 9.59 Å². The third-order valence-electron chi connectivity index (χ3n) is 6.18. The van der Waals surface area contributed by atoms with Gasteiger partial charge >= 0.3 is 81.5 Å². The Balaban J connectivity index is -0.000000448. The molecule has 0 fully saturated rings. The van der Waals surface area contributed by atoms with Gasteiger partial charge in [-0.3, -0.25) is 9.59 Å². The first-order valence-electron chi connectivity index (χ1n) is 14.2. The normalized spacial score (nSPS) is 13.9. The molecule has 4 atom stereocenters. The SMILES string of the molecule is CCCCC(CC)CC(S)C(=O)O.CCCCC(CC)CC(S)C(=O)O.CCC[CH2][Sn][CH2]CCC. The van der Waals surface area contributed by atoms with E-state index in [0.29, 0.717) is 24.7 Å². The van der Waals surface area contributed by atoms with Gasteiger partial charge < -0.3 is 10.2 Å². The molecule has 2 N–H and O–H groups in total. The molecule has 0 bridgehead atoms. The number of hydrogen-bond acceptors (Lipinski definition) is 4. The molecule has 0 aromatic carbocycles. The van der Waals surface area contributed by atoms with E-state index in [1.165, 1.54) is 51.4 Å². The fourth-order valence-corrected chi connectivity index (χ4v) is 8.28. The molecule has 0 heterocycles. The molecule has 210 valence electrons. The minimum absolute atomic E-state index is 0.149. The molecule has 4 nitrogen and oxygen atoms in total. The van der Waals surface area contributed by atoms with E-state index in [1.54, 1.807) is 8.87 Å². The number of rotatable bonds is 20. The summed E-state index contributed by atoms with van der Waals surface area (Å²) in [5, 5.41) is 16.4. The van der Waals surface area contributed by atoms with Crippen LogP contribution in [0.5, 0.6) is 0 Å². The molecule has 0 aromatic heterocycles. The van der Waals surface area contributed by atoms with Gasteiger partial charge in [0.2, 0.25) is 0 Å². The predicted octanol–water partition coefficient (Wildman–Crippen LogP) is 9.08. The summed E-state index contributed by atoms with van der Waals surface area (Å²) < 4.78 is 3.25. The second kappa shape index (κ2) is 30.7. The van der Waals surface area contributed by atoms with Crippen molar-refractivity contribution < 1.29 is 19.8 Å². The molecule has 0 aromatic rings. The molecule has 7 heteroatoms. The van der Waals surface area contributed by atoms with Crippen LogP contribution in [0.1, 0.15) is 131 Å². The van der Waals surface area contributed by atoms with Crippen LogP contribution in [0.3, 0.4) is 0 Å². The number of hydrogen-bond donors (Lipinski definition) is 4. The molecule has 0 saturated carbocycles. The van der Waals surface area contributed by atoms with E-state index in [-0.39, 0.29) is 21.1 Å². The van der Waals surface area contributed by atoms with Crippen molar-refractivity contribution in [2.24, 2.45) is 11.8 Å². The number of carboxylic acid groups (broad SMARTS) is 2. The molecule has 4 unspecified atom stereocenters. The van der Waals surface area contributed by atoms with Crippen molar-refractivity contribution in [2.75, 3.05) is 0 Å². The number of unbranched alkanes of at least 4 members (excludes halogenated alkanes) is 4. The van der Waals surface area contributed by atoms with Crippen molar-refractivity contribution in [2.45, 2.75) is 151 Å². The Morgan fingerprint density at radius 1 is 0.629 bits per heavy atom. The minimum atomic E-state index is -0.793. The summed E-state index contributed by atoms with van der Waals surface area (Å²) >= 11 is 8.23. The van der Waals surface area contributed by atoms with E-state index in [9.17, 15) is 9.59 Å². The maximum atomic E-state index is 10.5. The fourth-order valence-electron chi connectivity index (χ4n) is 3.52. The summed E-state index contributed by atoms with van der Waals surface area (Å²) in [6.45, 7) is 13.1. The van der Waals surface area contributed by atoms with Gasteiger partial charge in [-0.05, 0) is 24.7 Å². The summed E-state index contributed by atoms with van der Waals surface area (Å²) in [7, 11) is 0. The van der Waals surface area contributed by atoms with Crippen molar-refractivity contribution >= 4 is 58.3 Å². The molecule has 0 saturated heterocycles. The summed E-state index contributed by atoms with van der Waals surface area (Å²) in [5.41, 5.74) is 0. The zero-order chi connectivity index (χ0) is 27.5. The Morgan fingerprint density at radius 3 is 1.17 bits per heavy atom. The Labute approximate surface area is 239 Å². The number of aliphatic carboxylic acids is 2. The van der Waals surface area contributed by atoms with Gasteiger partial charge in [-0.25, -0.2) is 0 Å². The summed E-state index contributed by atoms with van der Waals surface area (Å²) in [6.07, 6.45) is 16.4. The quantitative estimate of drug-likeness (QED) is 0.0608. The Hall–Kier alpha value is 0.439. The van der Waals surface area contributed by atoms with Gasteiger partial charge in [0, 0.05) is 0 Å². The van der Waals surface area contributed by atoms with E-state index in [2.05, 4.69) is 66.8 Å². The third-order valence-corrected chi connectivity index (χ3v) is 11.1. The van der Waals surface area contributed by atoms with Gasteiger partial charge in [0.05, 0.1) is 10.5 Å². The average Bonchev–Trinajstić information content (AvgIpc) is 2.84. The van der Waals surface area contributed by atoms with Crippen LogP contribution >= 0.6 is 25.3 Å². The molecule has 0 aliphatic heterocycles. The summed E-state index contributed by atoms with van der Waals surface area (Å²) in [4.78, 5) is 21.1. The van der Waals surface area contributed by atoms with E-state index >= 15 is 0 Å². The van der Waals surface area contributed by atoms with Crippen molar-refractivity contribution in [3.8, 4) is 0 Å². The molecule has 0 amide bonds. The van der Waals surface area contributed by atoms with Gasteiger partial charge in [-0.1, -0.05) is 79.1 Å². The van der Waals surface area contributed by atoms with Crippen LogP contribution in [0.15, 0.2) is 0 Å². The van der Waals surface area contributed by atoms with Crippen molar-refractivity contribution in [1.82, 2.24) is 0 Å². The fraction of sp³-hybridized carbons (Fsp3) is 0.929. The molecular formula is C28H58O4S2Sn. The number of carboxylic acids is 2. The monoisotopic (exact) mass is 642 g/mol. The molecule has 0 aliphatic rings. The molecule has 2 radical (unpaired) electrons. The van der Waals surface area contributed by atoms with Gasteiger partial charge in [0.15, 0.2) is 0 Å². The van der Waals surface area contributed by atoms with Crippen molar-refractivity contribution in [1.29, 1.82) is 0 Å². The number of thiol groups is 2. The molecule has 35 heavy (non-hydrogen) atoms. The van der Waals surface area contributed by atoms with E-state index < -0.39 is 22.4 Å². The predicted molar refractivity (Wildman–Crippen MR) is 162 cm³/mol. The number of carbonyl (C=O) groups is 2. The zero-order valence-corrected chi connectivity index (χ0v) is 28.4. The van der Waals surface area contributed by atoms with E-state index in [1.807, 2.05) is 0 Å². The van der Waals surface area contributed by atoms with Crippen LogP contribution in [-0.4, -0.2) is 53.8 Å². The average molecular weight is 642 g/mol. The third kappa shape index (κ3) is 30.6. The molecule has 0 spiro atoms. The Kier molecular flexibility index (Phi) is 35.0. The first-order chi connectivity index (χ1) is 16.6. The van der Waals surface area contributed by atoms with Crippen LogP contribution in [0.25, 0.3) is 0 Å². The topological polar surface area (TPSA) is 74.6 Å². The Morgan fingerprint density at radius 2 is 0.943 bits per heavy atom. The first-order valence-corrected chi connectivity index (χ1v) is 19.2. The van der Waals surface area contributed by atoms with E-state index in [0.717, 1.165) is 25.7 Å². The van der Waals surface area contributed by atoms with Crippen LogP contribution in [0, 0.1) is 11.8 Å². The van der Waals surface area contributed by atoms with E-state index in [4.69, 9.17) is 10.2 Å². The standard InChI is InChI=1S/2C10H20O2S.2C4H9.Sn/c2*1-3-5-6-8(4-2)7-9(13)10(11)12;2*1-3-4-2;/h2*8-9,13H,3-7H2,1-2H3,(H,11,12);2*1,3-4H2,2H3;. The second-order valence-electron chi connectivity index (χ2n) is 9.47. The molecule has 0 rings (SSSR count). The van der Waals surface area contributed by atoms with Crippen LogP contribution in [0.2, 0.25) is 8.87 Å². The zero-order valence-electron chi connectivity index (χ0n) is 23.7. The van der Waals surface area contributed by atoms with Crippen LogP contribution in [0.4, 0.5) is 0 Å². The second-order valence-corrected chi connectivity index (χ2v) is 15.0. The maximum absolute atomic E-state index is 10.5. The Bertz CT molecular complexity index is 426. The molecule has 0 aliphatic carbocycles. The van der Waals surface area contributed by atoms with Gasteiger partial charge in [-0.2, -0.15) is 25.3 Å². The van der Waals surface area contributed by atoms with Crippen molar-refractivity contribution in [3.63, 3.8) is 0 Å². The molecular weight excluding hydrogens is 583 g/mol. The summed E-state index contributed by atoms with van der Waals surface area (Å²) in [6, 6.07) is 0. The van der Waals surface area contributed by atoms with Gasteiger partial charge in [0.25, 0.3) is 0 Å². The van der Waals surface area contributed by atoms with Crippen molar-refractivity contribution in [3.05, 3.63) is 0 Å². The van der Waals surface area contributed by atoms with Gasteiger partial charge in [-0.15, -0.1) is 0 Å². The summed E-state index contributed by atoms with van der Waals surface area (Å²) in [5.74, 6) is -0.534. The van der Waals surface area contributed by atoms with Gasteiger partial charge in [0.1, 0.15) is 0 Å². The van der Waals surface area contributed by atoms with Crippen LogP contribution < -0.4 is 0 Å².